The smallest absolute Gasteiger partial charge is 0.0208 e. The lowest BCUT2D eigenvalue weighted by Gasteiger charge is -2.18. The molecule has 0 aromatic heterocycles. The third-order valence-corrected chi connectivity index (χ3v) is 2.59. The molecule has 0 aliphatic carbocycles. The van der Waals surface area contributed by atoms with Gasteiger partial charge in [0.05, 0.1) is 0 Å². The van der Waals surface area contributed by atoms with Gasteiger partial charge in [-0.3, -0.25) is 0 Å². The van der Waals surface area contributed by atoms with E-state index in [1.54, 1.807) is 0 Å². The summed E-state index contributed by atoms with van der Waals surface area (Å²) in [5.74, 6) is 0. The first-order chi connectivity index (χ1) is 6.99. The summed E-state index contributed by atoms with van der Waals surface area (Å²) in [7, 11) is 4.12. The minimum absolute atomic E-state index is 0.223. The fraction of sp³-hybridized carbons (Fsp3) is 0.538. The summed E-state index contributed by atoms with van der Waals surface area (Å²) in [6.45, 7) is 5.21. The molecule has 2 N–H and O–H groups in total. The van der Waals surface area contributed by atoms with Gasteiger partial charge in [-0.05, 0) is 45.5 Å². The van der Waals surface area contributed by atoms with Crippen LogP contribution in [-0.4, -0.2) is 31.6 Å². The van der Waals surface area contributed by atoms with Crippen LogP contribution in [-0.2, 0) is 6.42 Å². The second kappa shape index (κ2) is 5.29. The second-order valence-corrected chi connectivity index (χ2v) is 4.66. The highest BCUT2D eigenvalue weighted by molar-refractivity contribution is 5.31. The first-order valence-corrected chi connectivity index (χ1v) is 5.45. The van der Waals surface area contributed by atoms with Gasteiger partial charge in [-0.1, -0.05) is 23.8 Å². The molecule has 0 amide bonds. The summed E-state index contributed by atoms with van der Waals surface area (Å²) >= 11 is 0. The van der Waals surface area contributed by atoms with Crippen molar-refractivity contribution < 1.29 is 0 Å². The van der Waals surface area contributed by atoms with Gasteiger partial charge in [0.1, 0.15) is 0 Å². The minimum Gasteiger partial charge on any atom is -0.326 e. The number of nitrogens with zero attached hydrogens (tertiary/aromatic N) is 1. The Balaban J connectivity index is 2.67. The number of hydrogen-bond acceptors (Lipinski definition) is 2. The van der Waals surface area contributed by atoms with Crippen molar-refractivity contribution in [3.63, 3.8) is 0 Å². The van der Waals surface area contributed by atoms with Gasteiger partial charge in [0.15, 0.2) is 0 Å². The summed E-state index contributed by atoms with van der Waals surface area (Å²) < 4.78 is 0. The highest BCUT2D eigenvalue weighted by Crippen LogP contribution is 2.12. The molecule has 0 radical (unpaired) electrons. The van der Waals surface area contributed by atoms with Crippen molar-refractivity contribution in [2.24, 2.45) is 5.73 Å². The average molecular weight is 206 g/mol. The van der Waals surface area contributed by atoms with Crippen LogP contribution in [0.15, 0.2) is 18.2 Å². The van der Waals surface area contributed by atoms with Crippen LogP contribution in [0.3, 0.4) is 0 Å². The van der Waals surface area contributed by atoms with Gasteiger partial charge in [0.25, 0.3) is 0 Å². The maximum Gasteiger partial charge on any atom is 0.0208 e. The van der Waals surface area contributed by atoms with E-state index >= 15 is 0 Å². The molecule has 1 unspecified atom stereocenters. The molecule has 0 aliphatic rings. The molecule has 15 heavy (non-hydrogen) atoms. The fourth-order valence-corrected chi connectivity index (χ4v) is 1.84. The minimum atomic E-state index is 0.223. The molecule has 1 rings (SSSR count). The molecule has 2 nitrogen and oxygen atoms in total. The second-order valence-electron chi connectivity index (χ2n) is 4.66. The molecule has 0 fully saturated rings. The zero-order valence-electron chi connectivity index (χ0n) is 10.2. The molecule has 1 atom stereocenters. The highest BCUT2D eigenvalue weighted by Gasteiger charge is 2.07. The Morgan fingerprint density at radius 1 is 1.27 bits per heavy atom. The molecule has 0 saturated carbocycles. The van der Waals surface area contributed by atoms with Crippen molar-refractivity contribution in [1.29, 1.82) is 0 Å². The molecular weight excluding hydrogens is 184 g/mol. The van der Waals surface area contributed by atoms with E-state index in [-0.39, 0.29) is 6.04 Å². The lowest BCUT2D eigenvalue weighted by atomic mass is 9.99. The van der Waals surface area contributed by atoms with Gasteiger partial charge < -0.3 is 10.6 Å². The van der Waals surface area contributed by atoms with Gasteiger partial charge in [-0.25, -0.2) is 0 Å². The van der Waals surface area contributed by atoms with Crippen LogP contribution in [0, 0.1) is 13.8 Å². The highest BCUT2D eigenvalue weighted by atomic mass is 15.1. The van der Waals surface area contributed by atoms with Gasteiger partial charge in [0, 0.05) is 12.6 Å². The zero-order valence-corrected chi connectivity index (χ0v) is 10.2. The molecule has 2 heteroatoms. The van der Waals surface area contributed by atoms with Gasteiger partial charge in [0.2, 0.25) is 0 Å². The van der Waals surface area contributed by atoms with Crippen LogP contribution in [0.4, 0.5) is 0 Å². The van der Waals surface area contributed by atoms with Crippen molar-refractivity contribution in [3.05, 3.63) is 34.9 Å². The van der Waals surface area contributed by atoms with Crippen LogP contribution in [0.25, 0.3) is 0 Å². The first kappa shape index (κ1) is 12.2. The Morgan fingerprint density at radius 2 is 1.93 bits per heavy atom. The van der Waals surface area contributed by atoms with E-state index in [1.165, 1.54) is 16.7 Å². The standard InChI is InChI=1S/C13H22N2/c1-10-5-6-11(2)12(7-10)8-13(14)9-15(3)4/h5-7,13H,8-9,14H2,1-4H3. The molecule has 0 spiro atoms. The number of rotatable bonds is 4. The van der Waals surface area contributed by atoms with Crippen LogP contribution >= 0.6 is 0 Å². The number of aryl methyl sites for hydroxylation is 2. The van der Waals surface area contributed by atoms with Gasteiger partial charge in [-0.2, -0.15) is 0 Å². The maximum atomic E-state index is 6.08. The molecule has 0 saturated heterocycles. The van der Waals surface area contributed by atoms with Crippen molar-refractivity contribution in [2.75, 3.05) is 20.6 Å². The maximum absolute atomic E-state index is 6.08. The summed E-state index contributed by atoms with van der Waals surface area (Å²) in [4.78, 5) is 2.13. The summed E-state index contributed by atoms with van der Waals surface area (Å²) in [5, 5.41) is 0. The van der Waals surface area contributed by atoms with Gasteiger partial charge in [-0.15, -0.1) is 0 Å². The quantitative estimate of drug-likeness (QED) is 0.813. The van der Waals surface area contributed by atoms with Crippen molar-refractivity contribution in [3.8, 4) is 0 Å². The number of benzene rings is 1. The monoisotopic (exact) mass is 206 g/mol. The van der Waals surface area contributed by atoms with E-state index in [2.05, 4.69) is 51.0 Å². The van der Waals surface area contributed by atoms with Crippen molar-refractivity contribution >= 4 is 0 Å². The molecule has 0 heterocycles. The number of hydrogen-bond donors (Lipinski definition) is 1. The predicted molar refractivity (Wildman–Crippen MR) is 66.1 cm³/mol. The van der Waals surface area contributed by atoms with Crippen LogP contribution < -0.4 is 5.73 Å². The molecule has 0 aliphatic heterocycles. The van der Waals surface area contributed by atoms with Gasteiger partial charge >= 0.3 is 0 Å². The van der Waals surface area contributed by atoms with Crippen LogP contribution in [0.2, 0.25) is 0 Å². The van der Waals surface area contributed by atoms with Crippen LogP contribution in [0.1, 0.15) is 16.7 Å². The Labute approximate surface area is 93.1 Å². The Hall–Kier alpha value is -0.860. The zero-order chi connectivity index (χ0) is 11.4. The molecule has 1 aromatic rings. The third kappa shape index (κ3) is 4.02. The summed E-state index contributed by atoms with van der Waals surface area (Å²) in [5.41, 5.74) is 10.1. The SMILES string of the molecule is Cc1ccc(C)c(CC(N)CN(C)C)c1. The Morgan fingerprint density at radius 3 is 2.53 bits per heavy atom. The summed E-state index contributed by atoms with van der Waals surface area (Å²) in [6, 6.07) is 6.79. The van der Waals surface area contributed by atoms with E-state index in [4.69, 9.17) is 5.73 Å². The predicted octanol–water partition coefficient (Wildman–Crippen LogP) is 1.73. The summed E-state index contributed by atoms with van der Waals surface area (Å²) in [6.07, 6.45) is 0.964. The largest absolute Gasteiger partial charge is 0.326 e. The van der Waals surface area contributed by atoms with Crippen molar-refractivity contribution in [2.45, 2.75) is 26.3 Å². The first-order valence-electron chi connectivity index (χ1n) is 5.45. The van der Waals surface area contributed by atoms with Crippen molar-refractivity contribution in [1.82, 2.24) is 4.90 Å². The normalized spacial score (nSPS) is 13.2. The van der Waals surface area contributed by atoms with E-state index < -0.39 is 0 Å². The van der Waals surface area contributed by atoms with E-state index in [0.717, 1.165) is 13.0 Å². The number of nitrogens with two attached hydrogens (primary N) is 1. The Bertz CT molecular complexity index is 318. The van der Waals surface area contributed by atoms with E-state index in [9.17, 15) is 0 Å². The lowest BCUT2D eigenvalue weighted by molar-refractivity contribution is 0.371. The molecule has 0 bridgehead atoms. The van der Waals surface area contributed by atoms with E-state index in [0.29, 0.717) is 0 Å². The Kier molecular flexibility index (Phi) is 4.30. The van der Waals surface area contributed by atoms with E-state index in [1.807, 2.05) is 0 Å². The topological polar surface area (TPSA) is 29.3 Å². The molecule has 84 valence electrons. The molecular formula is C13H22N2. The third-order valence-electron chi connectivity index (χ3n) is 2.59. The molecule has 1 aromatic carbocycles. The average Bonchev–Trinajstić information content (AvgIpc) is 2.10. The fourth-order valence-electron chi connectivity index (χ4n) is 1.84. The lowest BCUT2D eigenvalue weighted by Crippen LogP contribution is -2.35. The van der Waals surface area contributed by atoms with Crippen LogP contribution in [0.5, 0.6) is 0 Å². The number of likely N-dealkylation sites (N-methyl/N-ethyl adjacent to an activating group) is 1.